The first kappa shape index (κ1) is 23.2. The molecule has 8 heteroatoms. The van der Waals surface area contributed by atoms with Crippen molar-refractivity contribution in [3.05, 3.63) is 42.0 Å². The van der Waals surface area contributed by atoms with Crippen molar-refractivity contribution in [2.45, 2.75) is 26.2 Å². The first-order valence-corrected chi connectivity index (χ1v) is 9.11. The van der Waals surface area contributed by atoms with E-state index in [1.165, 1.54) is 6.42 Å². The van der Waals surface area contributed by atoms with E-state index in [9.17, 15) is 5.21 Å². The number of rotatable bonds is 7. The molecule has 0 aromatic heterocycles. The number of aliphatic carboxylic acids is 2. The Balaban J connectivity index is 0.000000568. The molecule has 0 fully saturated rings. The fourth-order valence-corrected chi connectivity index (χ4v) is 2.91. The number of nitrogens with zero attached hydrogens (tertiary/aromatic N) is 2. The molecule has 8 nitrogen and oxygen atoms in total. The monoisotopic (exact) mass is 392 g/mol. The minimum atomic E-state index is -1.82. The number of benzene rings is 1. The molecule has 0 aliphatic carbocycles. The van der Waals surface area contributed by atoms with Gasteiger partial charge < -0.3 is 20.2 Å². The number of carbonyl (C=O) groups is 2. The van der Waals surface area contributed by atoms with Crippen molar-refractivity contribution in [2.75, 3.05) is 26.7 Å². The van der Waals surface area contributed by atoms with E-state index in [4.69, 9.17) is 24.5 Å². The lowest BCUT2D eigenvalue weighted by Crippen LogP contribution is -2.33. The molecule has 1 heterocycles. The van der Waals surface area contributed by atoms with Gasteiger partial charge in [0.05, 0.1) is 12.8 Å². The molecule has 0 bridgehead atoms. The Hall–Kier alpha value is -2.87. The maximum absolute atomic E-state index is 9.30. The van der Waals surface area contributed by atoms with Crippen molar-refractivity contribution in [3.8, 4) is 5.75 Å². The topological polar surface area (TPSA) is 120 Å². The predicted octanol–water partition coefficient (Wildman–Crippen LogP) is 2.71. The average Bonchev–Trinajstić information content (AvgIpc) is 2.70. The summed E-state index contributed by atoms with van der Waals surface area (Å²) < 4.78 is 5.16. The van der Waals surface area contributed by atoms with Crippen LogP contribution >= 0.6 is 0 Å². The Morgan fingerprint density at radius 3 is 2.36 bits per heavy atom. The second kappa shape index (κ2) is 12.5. The second-order valence-corrected chi connectivity index (χ2v) is 6.37. The van der Waals surface area contributed by atoms with Gasteiger partial charge in [0.25, 0.3) is 0 Å². The highest BCUT2D eigenvalue weighted by Crippen LogP contribution is 2.19. The molecule has 1 aliphatic rings. The van der Waals surface area contributed by atoms with E-state index in [1.807, 2.05) is 24.3 Å². The molecule has 28 heavy (non-hydrogen) atoms. The summed E-state index contributed by atoms with van der Waals surface area (Å²) in [6, 6.07) is 7.66. The van der Waals surface area contributed by atoms with Gasteiger partial charge in [0.1, 0.15) is 5.75 Å². The molecule has 0 spiro atoms. The lowest BCUT2D eigenvalue weighted by molar-refractivity contribution is -0.159. The number of carboxylic acids is 2. The SMILES string of the molecule is CCCN1CC=CC(CC/C(=N/O)c2ccc(OC)cc2)C1.O=C(O)C(=O)O. The molecule has 1 aliphatic heterocycles. The van der Waals surface area contributed by atoms with Crippen LogP contribution in [0.15, 0.2) is 41.6 Å². The van der Waals surface area contributed by atoms with Crippen LogP contribution in [0.25, 0.3) is 0 Å². The molecule has 1 atom stereocenters. The zero-order chi connectivity index (χ0) is 20.9. The number of oxime groups is 1. The molecule has 1 aromatic carbocycles. The normalized spacial score (nSPS) is 16.8. The van der Waals surface area contributed by atoms with Gasteiger partial charge in [0, 0.05) is 13.1 Å². The Morgan fingerprint density at radius 1 is 1.21 bits per heavy atom. The van der Waals surface area contributed by atoms with Gasteiger partial charge in [0.2, 0.25) is 0 Å². The summed E-state index contributed by atoms with van der Waals surface area (Å²) >= 11 is 0. The Kier molecular flexibility index (Phi) is 10.3. The maximum atomic E-state index is 9.30. The van der Waals surface area contributed by atoms with Crippen molar-refractivity contribution in [3.63, 3.8) is 0 Å². The van der Waals surface area contributed by atoms with Crippen molar-refractivity contribution in [1.82, 2.24) is 4.90 Å². The van der Waals surface area contributed by atoms with E-state index in [0.29, 0.717) is 5.92 Å². The Bertz CT molecular complexity index is 672. The predicted molar refractivity (Wildman–Crippen MR) is 105 cm³/mol. The molecule has 0 radical (unpaired) electrons. The van der Waals surface area contributed by atoms with Crippen molar-refractivity contribution < 1.29 is 29.7 Å². The number of hydrogen-bond donors (Lipinski definition) is 3. The zero-order valence-corrected chi connectivity index (χ0v) is 16.2. The highest BCUT2D eigenvalue weighted by molar-refractivity contribution is 6.27. The standard InChI is InChI=1S/C18H26N2O2.C2H2O4/c1-3-12-20-13-4-5-15(14-20)6-11-18(19-21)16-7-9-17(22-2)10-8-16;3-1(4)2(5)6/h4-5,7-10,15,21H,3,6,11-14H2,1-2H3;(H,3,4)(H,5,6)/b19-18-;. The van der Waals surface area contributed by atoms with E-state index in [2.05, 4.69) is 29.1 Å². The van der Waals surface area contributed by atoms with Gasteiger partial charge in [-0.25, -0.2) is 9.59 Å². The lowest BCUT2D eigenvalue weighted by atomic mass is 9.95. The van der Waals surface area contributed by atoms with E-state index >= 15 is 0 Å². The number of ether oxygens (including phenoxy) is 1. The molecule has 0 saturated heterocycles. The van der Waals surface area contributed by atoms with Crippen LogP contribution in [0.4, 0.5) is 0 Å². The third-order valence-electron chi connectivity index (χ3n) is 4.28. The van der Waals surface area contributed by atoms with Gasteiger partial charge >= 0.3 is 11.9 Å². The first-order chi connectivity index (χ1) is 13.4. The summed E-state index contributed by atoms with van der Waals surface area (Å²) in [5, 5.41) is 27.6. The highest BCUT2D eigenvalue weighted by Gasteiger charge is 2.16. The lowest BCUT2D eigenvalue weighted by Gasteiger charge is -2.28. The van der Waals surface area contributed by atoms with E-state index in [-0.39, 0.29) is 0 Å². The zero-order valence-electron chi connectivity index (χ0n) is 16.2. The van der Waals surface area contributed by atoms with Crippen LogP contribution in [0.1, 0.15) is 31.7 Å². The van der Waals surface area contributed by atoms with Gasteiger partial charge in [-0.05, 0) is 61.6 Å². The van der Waals surface area contributed by atoms with E-state index in [0.717, 1.165) is 49.5 Å². The minimum absolute atomic E-state index is 0.537. The quantitative estimate of drug-likeness (QED) is 0.214. The Labute approximate surface area is 164 Å². The molecule has 0 saturated carbocycles. The molecule has 154 valence electrons. The highest BCUT2D eigenvalue weighted by atomic mass is 16.5. The number of carboxylic acid groups (broad SMARTS) is 2. The molecule has 1 aromatic rings. The smallest absolute Gasteiger partial charge is 0.414 e. The first-order valence-electron chi connectivity index (χ1n) is 9.11. The molecule has 0 amide bonds. The van der Waals surface area contributed by atoms with Crippen LogP contribution in [0.3, 0.4) is 0 Å². The fourth-order valence-electron chi connectivity index (χ4n) is 2.91. The molecule has 1 unspecified atom stereocenters. The van der Waals surface area contributed by atoms with Crippen LogP contribution in [0, 0.1) is 5.92 Å². The van der Waals surface area contributed by atoms with Crippen molar-refractivity contribution >= 4 is 17.7 Å². The summed E-state index contributed by atoms with van der Waals surface area (Å²) in [7, 11) is 1.65. The molecular formula is C20H28N2O6. The number of hydrogen-bond acceptors (Lipinski definition) is 6. The van der Waals surface area contributed by atoms with Crippen molar-refractivity contribution in [1.29, 1.82) is 0 Å². The molecule has 3 N–H and O–H groups in total. The minimum Gasteiger partial charge on any atom is -0.497 e. The summed E-state index contributed by atoms with van der Waals surface area (Å²) in [4.78, 5) is 20.7. The van der Waals surface area contributed by atoms with Crippen molar-refractivity contribution in [2.24, 2.45) is 11.1 Å². The Morgan fingerprint density at radius 2 is 1.86 bits per heavy atom. The van der Waals surface area contributed by atoms with Crippen LogP contribution in [-0.2, 0) is 9.59 Å². The average molecular weight is 392 g/mol. The maximum Gasteiger partial charge on any atom is 0.414 e. The van der Waals surface area contributed by atoms with Gasteiger partial charge in [-0.2, -0.15) is 0 Å². The third-order valence-corrected chi connectivity index (χ3v) is 4.28. The summed E-state index contributed by atoms with van der Waals surface area (Å²) in [5.41, 5.74) is 1.69. The third kappa shape index (κ3) is 8.22. The molecular weight excluding hydrogens is 364 g/mol. The van der Waals surface area contributed by atoms with Gasteiger partial charge in [-0.15, -0.1) is 0 Å². The largest absolute Gasteiger partial charge is 0.497 e. The van der Waals surface area contributed by atoms with Crippen LogP contribution in [0.5, 0.6) is 5.75 Å². The second-order valence-electron chi connectivity index (χ2n) is 6.37. The van der Waals surface area contributed by atoms with Gasteiger partial charge in [-0.3, -0.25) is 4.90 Å². The van der Waals surface area contributed by atoms with Gasteiger partial charge in [0.15, 0.2) is 0 Å². The van der Waals surface area contributed by atoms with Crippen LogP contribution in [0.2, 0.25) is 0 Å². The fraction of sp³-hybridized carbons (Fsp3) is 0.450. The number of methoxy groups -OCH3 is 1. The van der Waals surface area contributed by atoms with E-state index < -0.39 is 11.9 Å². The van der Waals surface area contributed by atoms with Gasteiger partial charge in [-0.1, -0.05) is 24.2 Å². The van der Waals surface area contributed by atoms with Crippen LogP contribution in [-0.4, -0.2) is 64.7 Å². The van der Waals surface area contributed by atoms with Crippen LogP contribution < -0.4 is 4.74 Å². The summed E-state index contributed by atoms with van der Waals surface area (Å²) in [5.74, 6) is -2.30. The van der Waals surface area contributed by atoms with E-state index in [1.54, 1.807) is 7.11 Å². The summed E-state index contributed by atoms with van der Waals surface area (Å²) in [6.45, 7) is 5.53. The summed E-state index contributed by atoms with van der Waals surface area (Å²) in [6.07, 6.45) is 7.53. The molecule has 2 rings (SSSR count).